The summed E-state index contributed by atoms with van der Waals surface area (Å²) in [6, 6.07) is 3.14. The molecule has 0 atom stereocenters. The number of halogens is 2. The molecule has 0 aliphatic heterocycles. The van der Waals surface area contributed by atoms with Gasteiger partial charge in [0.2, 0.25) is 10.0 Å². The van der Waals surface area contributed by atoms with Crippen molar-refractivity contribution in [3.05, 3.63) is 21.1 Å². The van der Waals surface area contributed by atoms with E-state index in [1.165, 1.54) is 0 Å². The van der Waals surface area contributed by atoms with Crippen molar-refractivity contribution in [2.75, 3.05) is 32.9 Å². The number of nitrogens with two attached hydrogens (primary N) is 1. The molecule has 0 aliphatic rings. The first-order valence-corrected chi connectivity index (χ1v) is 8.70. The second-order valence-electron chi connectivity index (χ2n) is 4.37. The lowest BCUT2D eigenvalue weighted by Crippen LogP contribution is -2.27. The van der Waals surface area contributed by atoms with E-state index in [1.807, 2.05) is 19.0 Å². The molecule has 8 heteroatoms. The Morgan fingerprint density at radius 1 is 1.26 bits per heavy atom. The molecule has 3 N–H and O–H groups in total. The fraction of sp³-hybridized carbons (Fsp3) is 0.455. The van der Waals surface area contributed by atoms with Crippen LogP contribution in [0.1, 0.15) is 6.42 Å². The SMILES string of the molecule is CN(C)CCCNS(=O)(=O)c1c(Br)cc(N)cc1Br. The molecule has 0 saturated heterocycles. The maximum absolute atomic E-state index is 12.2. The van der Waals surface area contributed by atoms with Gasteiger partial charge in [-0.1, -0.05) is 0 Å². The average Bonchev–Trinajstić information content (AvgIpc) is 2.22. The maximum atomic E-state index is 12.2. The molecule has 19 heavy (non-hydrogen) atoms. The van der Waals surface area contributed by atoms with Crippen LogP contribution in [-0.4, -0.2) is 40.5 Å². The first kappa shape index (κ1) is 16.9. The van der Waals surface area contributed by atoms with Crippen LogP contribution in [-0.2, 0) is 10.0 Å². The quantitative estimate of drug-likeness (QED) is 0.551. The van der Waals surface area contributed by atoms with E-state index in [-0.39, 0.29) is 4.90 Å². The molecule has 0 heterocycles. The molecule has 1 aromatic carbocycles. The molecule has 5 nitrogen and oxygen atoms in total. The van der Waals surface area contributed by atoms with E-state index in [2.05, 4.69) is 36.6 Å². The Hall–Kier alpha value is -0.150. The minimum Gasteiger partial charge on any atom is -0.399 e. The molecule has 0 aliphatic carbocycles. The Morgan fingerprint density at radius 2 is 1.79 bits per heavy atom. The van der Waals surface area contributed by atoms with Crippen molar-refractivity contribution in [2.45, 2.75) is 11.3 Å². The predicted octanol–water partition coefficient (Wildman–Crippen LogP) is 2.02. The van der Waals surface area contributed by atoms with Crippen LogP contribution in [0.2, 0.25) is 0 Å². The van der Waals surface area contributed by atoms with E-state index >= 15 is 0 Å². The van der Waals surface area contributed by atoms with Gasteiger partial charge in [-0.15, -0.1) is 0 Å². The van der Waals surface area contributed by atoms with Crippen molar-refractivity contribution >= 4 is 47.6 Å². The van der Waals surface area contributed by atoms with Crippen LogP contribution in [0.5, 0.6) is 0 Å². The molecule has 0 spiro atoms. The zero-order valence-electron chi connectivity index (χ0n) is 10.8. The number of benzene rings is 1. The van der Waals surface area contributed by atoms with Crippen LogP contribution in [0.3, 0.4) is 0 Å². The average molecular weight is 415 g/mol. The molecule has 0 bridgehead atoms. The first-order valence-electron chi connectivity index (χ1n) is 5.63. The maximum Gasteiger partial charge on any atom is 0.242 e. The second-order valence-corrected chi connectivity index (χ2v) is 7.78. The van der Waals surface area contributed by atoms with E-state index in [0.717, 1.165) is 13.0 Å². The number of hydrogen-bond donors (Lipinski definition) is 2. The topological polar surface area (TPSA) is 75.4 Å². The zero-order chi connectivity index (χ0) is 14.6. The highest BCUT2D eigenvalue weighted by Gasteiger charge is 2.21. The summed E-state index contributed by atoms with van der Waals surface area (Å²) in [7, 11) is 0.338. The molecule has 0 saturated carbocycles. The van der Waals surface area contributed by atoms with Gasteiger partial charge in [-0.3, -0.25) is 0 Å². The van der Waals surface area contributed by atoms with Crippen molar-refractivity contribution in [2.24, 2.45) is 0 Å². The number of hydrogen-bond acceptors (Lipinski definition) is 4. The normalized spacial score (nSPS) is 12.1. The third-order valence-corrected chi connectivity index (χ3v) is 5.70. The monoisotopic (exact) mass is 413 g/mol. The highest BCUT2D eigenvalue weighted by molar-refractivity contribution is 9.11. The van der Waals surface area contributed by atoms with E-state index in [0.29, 0.717) is 21.2 Å². The molecular weight excluding hydrogens is 398 g/mol. The van der Waals surface area contributed by atoms with Crippen molar-refractivity contribution in [3.63, 3.8) is 0 Å². The van der Waals surface area contributed by atoms with Gasteiger partial charge < -0.3 is 10.6 Å². The summed E-state index contributed by atoms with van der Waals surface area (Å²) in [5.74, 6) is 0. The van der Waals surface area contributed by atoms with Gasteiger partial charge in [0.1, 0.15) is 4.90 Å². The Balaban J connectivity index is 2.84. The van der Waals surface area contributed by atoms with Gasteiger partial charge in [0.25, 0.3) is 0 Å². The number of nitrogens with zero attached hydrogens (tertiary/aromatic N) is 1. The van der Waals surface area contributed by atoms with E-state index in [4.69, 9.17) is 5.73 Å². The summed E-state index contributed by atoms with van der Waals surface area (Å²) in [5.41, 5.74) is 6.14. The summed E-state index contributed by atoms with van der Waals surface area (Å²) >= 11 is 6.46. The standard InChI is InChI=1S/C11H17Br2N3O2S/c1-16(2)5-3-4-15-19(17,18)11-9(12)6-8(14)7-10(11)13/h6-7,15H,3-5,14H2,1-2H3. The van der Waals surface area contributed by atoms with Crippen LogP contribution < -0.4 is 10.5 Å². The van der Waals surface area contributed by atoms with Crippen LogP contribution in [0.4, 0.5) is 5.69 Å². The molecular formula is C11H17Br2N3O2S. The van der Waals surface area contributed by atoms with Gasteiger partial charge in [-0.25, -0.2) is 13.1 Å². The van der Waals surface area contributed by atoms with Gasteiger partial charge in [-0.2, -0.15) is 0 Å². The van der Waals surface area contributed by atoms with Crippen molar-refractivity contribution < 1.29 is 8.42 Å². The van der Waals surface area contributed by atoms with Crippen molar-refractivity contribution in [3.8, 4) is 0 Å². The summed E-state index contributed by atoms with van der Waals surface area (Å²) < 4.78 is 27.9. The Morgan fingerprint density at radius 3 is 2.26 bits per heavy atom. The van der Waals surface area contributed by atoms with Gasteiger partial charge >= 0.3 is 0 Å². The van der Waals surface area contributed by atoms with Crippen molar-refractivity contribution in [1.29, 1.82) is 0 Å². The molecule has 0 aromatic heterocycles. The highest BCUT2D eigenvalue weighted by Crippen LogP contribution is 2.32. The number of sulfonamides is 1. The third-order valence-electron chi connectivity index (χ3n) is 2.36. The molecule has 1 rings (SSSR count). The third kappa shape index (κ3) is 5.03. The van der Waals surface area contributed by atoms with E-state index < -0.39 is 10.0 Å². The number of nitrogens with one attached hydrogen (secondary N) is 1. The summed E-state index contributed by atoms with van der Waals surface area (Å²) in [5, 5.41) is 0. The van der Waals surface area contributed by atoms with Gasteiger partial charge in [0.05, 0.1) is 0 Å². The molecule has 108 valence electrons. The molecule has 0 amide bonds. The smallest absolute Gasteiger partial charge is 0.242 e. The van der Waals surface area contributed by atoms with Crippen LogP contribution in [0, 0.1) is 0 Å². The fourth-order valence-corrected chi connectivity index (χ4v) is 5.20. The minimum atomic E-state index is -3.55. The van der Waals surface area contributed by atoms with Gasteiger partial charge in [0, 0.05) is 21.2 Å². The second kappa shape index (κ2) is 7.03. The zero-order valence-corrected chi connectivity index (χ0v) is 14.8. The number of anilines is 1. The van der Waals surface area contributed by atoms with Crippen LogP contribution in [0.15, 0.2) is 26.0 Å². The van der Waals surface area contributed by atoms with Gasteiger partial charge in [-0.05, 0) is 71.1 Å². The summed E-state index contributed by atoms with van der Waals surface area (Å²) in [6.45, 7) is 1.22. The molecule has 0 radical (unpaired) electrons. The Labute approximate surface area is 130 Å². The summed E-state index contributed by atoms with van der Waals surface area (Å²) in [6.07, 6.45) is 0.746. The predicted molar refractivity (Wildman–Crippen MR) is 84.6 cm³/mol. The van der Waals surface area contributed by atoms with Crippen LogP contribution >= 0.6 is 31.9 Å². The first-order chi connectivity index (χ1) is 8.74. The van der Waals surface area contributed by atoms with Crippen molar-refractivity contribution in [1.82, 2.24) is 9.62 Å². The van der Waals surface area contributed by atoms with Gasteiger partial charge in [0.15, 0.2) is 0 Å². The lowest BCUT2D eigenvalue weighted by atomic mass is 10.3. The lowest BCUT2D eigenvalue weighted by molar-refractivity contribution is 0.400. The minimum absolute atomic E-state index is 0.173. The highest BCUT2D eigenvalue weighted by atomic mass is 79.9. The lowest BCUT2D eigenvalue weighted by Gasteiger charge is -2.12. The fourth-order valence-electron chi connectivity index (χ4n) is 1.51. The van der Waals surface area contributed by atoms with E-state index in [9.17, 15) is 8.42 Å². The summed E-state index contributed by atoms with van der Waals surface area (Å²) in [4.78, 5) is 2.18. The number of nitrogen functional groups attached to an aromatic ring is 1. The largest absolute Gasteiger partial charge is 0.399 e. The molecule has 0 fully saturated rings. The molecule has 0 unspecified atom stereocenters. The Kier molecular flexibility index (Phi) is 6.25. The number of rotatable bonds is 6. The Bertz CT molecular complexity index is 524. The van der Waals surface area contributed by atoms with Crippen LogP contribution in [0.25, 0.3) is 0 Å². The van der Waals surface area contributed by atoms with E-state index in [1.54, 1.807) is 12.1 Å². The molecule has 1 aromatic rings.